The Morgan fingerprint density at radius 2 is 1.48 bits per heavy atom. The maximum atomic E-state index is 13.4. The number of halogens is 4. The van der Waals surface area contributed by atoms with Gasteiger partial charge in [0.2, 0.25) is 0 Å². The van der Waals surface area contributed by atoms with Crippen LogP contribution in [-0.4, -0.2) is 29.7 Å². The van der Waals surface area contributed by atoms with E-state index in [0.29, 0.717) is 6.42 Å². The third-order valence-electron chi connectivity index (χ3n) is 3.44. The molecule has 0 atom stereocenters. The summed E-state index contributed by atoms with van der Waals surface area (Å²) in [4.78, 5) is 10.4. The van der Waals surface area contributed by atoms with Crippen molar-refractivity contribution in [3.63, 3.8) is 0 Å². The molecular weight excluding hydrogens is 316 g/mol. The highest BCUT2D eigenvalue weighted by molar-refractivity contribution is 5.85. The third kappa shape index (κ3) is 8.93. The van der Waals surface area contributed by atoms with E-state index < -0.39 is 36.6 Å². The molecule has 23 heavy (non-hydrogen) atoms. The number of rotatable bonds is 14. The Bertz CT molecular complexity index is 370. The Morgan fingerprint density at radius 1 is 1.00 bits per heavy atom. The molecule has 0 bridgehead atoms. The second-order valence-electron chi connectivity index (χ2n) is 5.63. The van der Waals surface area contributed by atoms with Gasteiger partial charge in [0, 0.05) is 5.57 Å². The summed E-state index contributed by atoms with van der Waals surface area (Å²) >= 11 is 0. The lowest BCUT2D eigenvalue weighted by Gasteiger charge is -2.26. The van der Waals surface area contributed by atoms with Crippen LogP contribution in [0, 0.1) is 0 Å². The number of unbranched alkanes of at least 4 members (excludes halogenated alkanes) is 7. The molecule has 0 amide bonds. The van der Waals surface area contributed by atoms with Crippen molar-refractivity contribution in [3.05, 3.63) is 12.2 Å². The van der Waals surface area contributed by atoms with Gasteiger partial charge >= 0.3 is 18.0 Å². The lowest BCUT2D eigenvalue weighted by Crippen LogP contribution is -2.43. The number of carboxylic acids is 1. The van der Waals surface area contributed by atoms with Crippen LogP contribution in [-0.2, 0) is 9.53 Å². The van der Waals surface area contributed by atoms with E-state index in [-0.39, 0.29) is 6.42 Å². The van der Waals surface area contributed by atoms with Crippen molar-refractivity contribution in [3.8, 4) is 0 Å². The normalized spacial score (nSPS) is 12.4. The summed E-state index contributed by atoms with van der Waals surface area (Å²) in [5.41, 5.74) is -0.981. The van der Waals surface area contributed by atoms with E-state index in [2.05, 4.69) is 18.2 Å². The predicted octanol–water partition coefficient (Wildman–Crippen LogP) is 5.40. The lowest BCUT2D eigenvalue weighted by molar-refractivity contribution is -0.346. The Hall–Kier alpha value is -1.11. The van der Waals surface area contributed by atoms with Crippen molar-refractivity contribution in [2.24, 2.45) is 0 Å². The van der Waals surface area contributed by atoms with Crippen LogP contribution >= 0.6 is 0 Å². The smallest absolute Gasteiger partial charge is 0.419 e. The molecule has 0 aromatic carbocycles. The minimum atomic E-state index is -4.70. The summed E-state index contributed by atoms with van der Waals surface area (Å²) in [7, 11) is 0. The minimum Gasteiger partial charge on any atom is -0.478 e. The number of alkyl halides is 4. The molecule has 0 heterocycles. The third-order valence-corrected chi connectivity index (χ3v) is 3.44. The molecule has 0 saturated carbocycles. The van der Waals surface area contributed by atoms with Crippen LogP contribution in [0.25, 0.3) is 0 Å². The zero-order valence-corrected chi connectivity index (χ0v) is 13.6. The molecule has 0 aromatic heterocycles. The zero-order chi connectivity index (χ0) is 17.9. The second kappa shape index (κ2) is 10.6. The van der Waals surface area contributed by atoms with Crippen LogP contribution in [0.15, 0.2) is 12.2 Å². The fourth-order valence-corrected chi connectivity index (χ4v) is 1.99. The van der Waals surface area contributed by atoms with Crippen molar-refractivity contribution >= 4 is 5.97 Å². The molecule has 0 saturated heterocycles. The summed E-state index contributed by atoms with van der Waals surface area (Å²) in [5, 5.41) is 8.44. The Balaban J connectivity index is 3.98. The quantitative estimate of drug-likeness (QED) is 0.261. The first-order valence-corrected chi connectivity index (χ1v) is 7.94. The molecule has 0 aliphatic heterocycles. The van der Waals surface area contributed by atoms with Gasteiger partial charge in [-0.1, -0.05) is 58.4 Å². The fourth-order valence-electron chi connectivity index (χ4n) is 1.99. The van der Waals surface area contributed by atoms with Crippen LogP contribution in [0.3, 0.4) is 0 Å². The molecule has 0 unspecified atom stereocenters. The van der Waals surface area contributed by atoms with Gasteiger partial charge in [0.1, 0.15) is 0 Å². The first kappa shape index (κ1) is 21.9. The monoisotopic (exact) mass is 342 g/mol. The number of hydrogen-bond donors (Lipinski definition) is 1. The molecule has 0 aromatic rings. The molecule has 0 aliphatic rings. The van der Waals surface area contributed by atoms with Crippen LogP contribution in [0.1, 0.15) is 64.7 Å². The molecule has 1 N–H and O–H groups in total. The van der Waals surface area contributed by atoms with Gasteiger partial charge in [0.15, 0.2) is 0 Å². The molecule has 136 valence electrons. The maximum Gasteiger partial charge on any atom is 0.419 e. The summed E-state index contributed by atoms with van der Waals surface area (Å²) in [5.74, 6) is -6.33. The van der Waals surface area contributed by atoms with Crippen molar-refractivity contribution in [2.45, 2.75) is 76.7 Å². The Morgan fingerprint density at radius 3 is 1.96 bits per heavy atom. The van der Waals surface area contributed by atoms with E-state index in [9.17, 15) is 22.4 Å². The lowest BCUT2D eigenvalue weighted by atomic mass is 10.1. The number of ether oxygens (including phenoxy) is 1. The van der Waals surface area contributed by atoms with E-state index in [1.807, 2.05) is 0 Å². The van der Waals surface area contributed by atoms with Gasteiger partial charge in [-0.3, -0.25) is 0 Å². The van der Waals surface area contributed by atoms with Crippen LogP contribution in [0.4, 0.5) is 17.6 Å². The summed E-state index contributed by atoms with van der Waals surface area (Å²) in [6.45, 7) is 4.46. The second-order valence-corrected chi connectivity index (χ2v) is 5.63. The zero-order valence-electron chi connectivity index (χ0n) is 13.6. The first-order valence-electron chi connectivity index (χ1n) is 7.94. The average Bonchev–Trinajstić information content (AvgIpc) is 2.44. The number of hydrogen-bond acceptors (Lipinski definition) is 2. The molecule has 0 fully saturated rings. The molecule has 7 heteroatoms. The van der Waals surface area contributed by atoms with Crippen LogP contribution in [0.2, 0.25) is 0 Å². The molecule has 3 nitrogen and oxygen atoms in total. The van der Waals surface area contributed by atoms with Crippen molar-refractivity contribution in [2.75, 3.05) is 6.61 Å². The molecular formula is C16H26F4O3. The SMILES string of the molecule is C=C(CC(F)(F)C(F)(F)OCCCCCCCCCC)C(=O)O. The molecule has 0 spiro atoms. The Labute approximate surface area is 134 Å². The van der Waals surface area contributed by atoms with E-state index in [1.54, 1.807) is 0 Å². The number of carbonyl (C=O) groups is 1. The predicted molar refractivity (Wildman–Crippen MR) is 79.8 cm³/mol. The summed E-state index contributed by atoms with van der Waals surface area (Å²) in [6, 6.07) is 0. The van der Waals surface area contributed by atoms with Crippen LogP contribution < -0.4 is 0 Å². The van der Waals surface area contributed by atoms with Gasteiger partial charge in [0.05, 0.1) is 13.0 Å². The molecule has 0 rings (SSSR count). The van der Waals surface area contributed by atoms with E-state index in [4.69, 9.17) is 5.11 Å². The highest BCUT2D eigenvalue weighted by Gasteiger charge is 2.58. The van der Waals surface area contributed by atoms with E-state index in [1.165, 1.54) is 6.42 Å². The molecule has 0 radical (unpaired) electrons. The Kier molecular flexibility index (Phi) is 10.1. The van der Waals surface area contributed by atoms with Crippen LogP contribution in [0.5, 0.6) is 0 Å². The highest BCUT2D eigenvalue weighted by Crippen LogP contribution is 2.39. The van der Waals surface area contributed by atoms with Crippen molar-refractivity contribution < 1.29 is 32.2 Å². The van der Waals surface area contributed by atoms with Crippen molar-refractivity contribution in [1.82, 2.24) is 0 Å². The fraction of sp³-hybridized carbons (Fsp3) is 0.812. The van der Waals surface area contributed by atoms with Gasteiger partial charge in [-0.25, -0.2) is 4.79 Å². The minimum absolute atomic E-state index is 0.263. The van der Waals surface area contributed by atoms with E-state index >= 15 is 0 Å². The van der Waals surface area contributed by atoms with Crippen molar-refractivity contribution in [1.29, 1.82) is 0 Å². The standard InChI is InChI=1S/C16H26F4O3/c1-3-4-5-6-7-8-9-10-11-23-16(19,20)15(17,18)12-13(2)14(21)22/h2-12H2,1H3,(H,21,22). The molecule has 0 aliphatic carbocycles. The average molecular weight is 342 g/mol. The highest BCUT2D eigenvalue weighted by atomic mass is 19.3. The summed E-state index contributed by atoms with van der Waals surface area (Å²) < 4.78 is 57.4. The van der Waals surface area contributed by atoms with E-state index in [0.717, 1.165) is 32.1 Å². The topological polar surface area (TPSA) is 46.5 Å². The van der Waals surface area contributed by atoms with Gasteiger partial charge < -0.3 is 9.84 Å². The summed E-state index contributed by atoms with van der Waals surface area (Å²) in [6.07, 6.45) is 0.937. The number of carboxylic acid groups (broad SMARTS) is 1. The number of aliphatic carboxylic acids is 1. The largest absolute Gasteiger partial charge is 0.478 e. The maximum absolute atomic E-state index is 13.4. The van der Waals surface area contributed by atoms with Gasteiger partial charge in [0.25, 0.3) is 0 Å². The van der Waals surface area contributed by atoms with Gasteiger partial charge in [-0.15, -0.1) is 0 Å². The van der Waals surface area contributed by atoms with Gasteiger partial charge in [-0.2, -0.15) is 17.6 Å². The van der Waals surface area contributed by atoms with Gasteiger partial charge in [-0.05, 0) is 6.42 Å². The first-order chi connectivity index (χ1) is 10.6.